The molecule has 7 heteroatoms. The van der Waals surface area contributed by atoms with Crippen LogP contribution in [-0.2, 0) is 4.79 Å². The molecule has 19 heavy (non-hydrogen) atoms. The Morgan fingerprint density at radius 1 is 1.26 bits per heavy atom. The fourth-order valence-electron chi connectivity index (χ4n) is 2.32. The van der Waals surface area contributed by atoms with Crippen LogP contribution in [0.5, 0.6) is 11.5 Å². The van der Waals surface area contributed by atoms with Gasteiger partial charge in [0.05, 0.1) is 0 Å². The molecule has 5 N–H and O–H groups in total. The number of hydrazine groups is 2. The van der Waals surface area contributed by atoms with Gasteiger partial charge in [-0.25, -0.2) is 16.7 Å². The minimum atomic E-state index is -0.330. The summed E-state index contributed by atoms with van der Waals surface area (Å²) in [6.07, 6.45) is 0.628. The van der Waals surface area contributed by atoms with Crippen molar-refractivity contribution in [3.63, 3.8) is 0 Å². The standard InChI is InChI=1S/C12H16N4O3/c13-14-12(17)9-6-8(15-16-9)7-1-2-10-11(5-7)19-4-3-18-10/h1-2,5,8-9,15-16H,3-4,6,13H2,(H,14,17). The summed E-state index contributed by atoms with van der Waals surface area (Å²) in [5, 5.41) is 0. The number of nitrogens with one attached hydrogen (secondary N) is 3. The molecule has 0 bridgehead atoms. The zero-order valence-electron chi connectivity index (χ0n) is 10.3. The van der Waals surface area contributed by atoms with E-state index in [9.17, 15) is 4.79 Å². The molecule has 1 aromatic rings. The second kappa shape index (κ2) is 5.04. The lowest BCUT2D eigenvalue weighted by Gasteiger charge is -2.20. The van der Waals surface area contributed by atoms with Gasteiger partial charge in [0.1, 0.15) is 19.3 Å². The van der Waals surface area contributed by atoms with Crippen LogP contribution < -0.4 is 31.6 Å². The SMILES string of the molecule is NNC(=O)C1CC(c2ccc3c(c2)OCCO3)NN1. The van der Waals surface area contributed by atoms with Crippen molar-refractivity contribution in [1.82, 2.24) is 16.3 Å². The van der Waals surface area contributed by atoms with E-state index in [0.717, 1.165) is 17.1 Å². The number of nitrogens with two attached hydrogens (primary N) is 1. The van der Waals surface area contributed by atoms with E-state index in [1.165, 1.54) is 0 Å². The van der Waals surface area contributed by atoms with Crippen molar-refractivity contribution in [2.45, 2.75) is 18.5 Å². The van der Waals surface area contributed by atoms with Crippen LogP contribution in [0.15, 0.2) is 18.2 Å². The second-order valence-electron chi connectivity index (χ2n) is 4.54. The lowest BCUT2D eigenvalue weighted by molar-refractivity contribution is -0.122. The van der Waals surface area contributed by atoms with Crippen molar-refractivity contribution in [2.75, 3.05) is 13.2 Å². The molecule has 0 aliphatic carbocycles. The van der Waals surface area contributed by atoms with Gasteiger partial charge in [-0.1, -0.05) is 6.07 Å². The van der Waals surface area contributed by atoms with E-state index < -0.39 is 0 Å². The third-order valence-corrected chi connectivity index (χ3v) is 3.33. The van der Waals surface area contributed by atoms with Gasteiger partial charge < -0.3 is 9.47 Å². The van der Waals surface area contributed by atoms with Gasteiger partial charge in [0, 0.05) is 6.04 Å². The Morgan fingerprint density at radius 3 is 2.84 bits per heavy atom. The monoisotopic (exact) mass is 264 g/mol. The molecule has 2 heterocycles. The Bertz CT molecular complexity index is 494. The number of benzene rings is 1. The van der Waals surface area contributed by atoms with Gasteiger partial charge in [0.25, 0.3) is 5.91 Å². The molecule has 1 fully saturated rings. The molecule has 0 saturated carbocycles. The second-order valence-corrected chi connectivity index (χ2v) is 4.54. The molecule has 0 spiro atoms. The normalized spacial score (nSPS) is 25.1. The maximum atomic E-state index is 11.4. The number of fused-ring (bicyclic) bond motifs is 1. The number of carbonyl (C=O) groups is 1. The first-order chi connectivity index (χ1) is 9.28. The molecular weight excluding hydrogens is 248 g/mol. The van der Waals surface area contributed by atoms with Gasteiger partial charge in [-0.3, -0.25) is 10.2 Å². The fourth-order valence-corrected chi connectivity index (χ4v) is 2.32. The summed E-state index contributed by atoms with van der Waals surface area (Å²) < 4.78 is 11.0. The van der Waals surface area contributed by atoms with Crippen LogP contribution in [0, 0.1) is 0 Å². The van der Waals surface area contributed by atoms with Gasteiger partial charge in [0.2, 0.25) is 0 Å². The van der Waals surface area contributed by atoms with Gasteiger partial charge in [0.15, 0.2) is 11.5 Å². The number of hydrogen-bond donors (Lipinski definition) is 4. The van der Waals surface area contributed by atoms with Crippen LogP contribution in [0.1, 0.15) is 18.0 Å². The van der Waals surface area contributed by atoms with E-state index in [1.54, 1.807) is 0 Å². The van der Waals surface area contributed by atoms with Gasteiger partial charge in [-0.15, -0.1) is 0 Å². The van der Waals surface area contributed by atoms with Crippen molar-refractivity contribution in [3.05, 3.63) is 23.8 Å². The Morgan fingerprint density at radius 2 is 2.05 bits per heavy atom. The molecule has 3 rings (SSSR count). The molecular formula is C12H16N4O3. The fraction of sp³-hybridized carbons (Fsp3) is 0.417. The van der Waals surface area contributed by atoms with Crippen LogP contribution in [0.2, 0.25) is 0 Å². The lowest BCUT2D eigenvalue weighted by Crippen LogP contribution is -2.45. The minimum Gasteiger partial charge on any atom is -0.486 e. The van der Waals surface area contributed by atoms with Crippen molar-refractivity contribution in [3.8, 4) is 11.5 Å². The number of ether oxygens (including phenoxy) is 2. The smallest absolute Gasteiger partial charge is 0.252 e. The molecule has 102 valence electrons. The zero-order chi connectivity index (χ0) is 13.2. The van der Waals surface area contributed by atoms with Crippen LogP contribution in [0.4, 0.5) is 0 Å². The van der Waals surface area contributed by atoms with Crippen LogP contribution in [0.3, 0.4) is 0 Å². The van der Waals surface area contributed by atoms with Gasteiger partial charge >= 0.3 is 0 Å². The predicted molar refractivity (Wildman–Crippen MR) is 67.2 cm³/mol. The number of amides is 1. The van der Waals surface area contributed by atoms with E-state index in [-0.39, 0.29) is 18.0 Å². The van der Waals surface area contributed by atoms with Crippen LogP contribution >= 0.6 is 0 Å². The van der Waals surface area contributed by atoms with E-state index >= 15 is 0 Å². The average molecular weight is 264 g/mol. The number of rotatable bonds is 2. The summed E-state index contributed by atoms with van der Waals surface area (Å²) in [7, 11) is 0. The molecule has 0 aromatic heterocycles. The van der Waals surface area contributed by atoms with E-state index in [0.29, 0.717) is 19.6 Å². The minimum absolute atomic E-state index is 0.0399. The third-order valence-electron chi connectivity index (χ3n) is 3.33. The summed E-state index contributed by atoms with van der Waals surface area (Å²) in [5.41, 5.74) is 9.19. The first kappa shape index (κ1) is 12.2. The molecule has 2 unspecified atom stereocenters. The van der Waals surface area contributed by atoms with Crippen LogP contribution in [-0.4, -0.2) is 25.2 Å². The highest BCUT2D eigenvalue weighted by atomic mass is 16.6. The molecule has 7 nitrogen and oxygen atoms in total. The Hall–Kier alpha value is -1.83. The first-order valence-corrected chi connectivity index (χ1v) is 6.19. The summed E-state index contributed by atoms with van der Waals surface area (Å²) in [4.78, 5) is 11.4. The highest BCUT2D eigenvalue weighted by molar-refractivity contribution is 5.81. The summed E-state index contributed by atoms with van der Waals surface area (Å²) >= 11 is 0. The van der Waals surface area contributed by atoms with E-state index in [1.807, 2.05) is 18.2 Å². The molecule has 1 saturated heterocycles. The van der Waals surface area contributed by atoms with E-state index in [2.05, 4.69) is 16.3 Å². The maximum absolute atomic E-state index is 11.4. The summed E-state index contributed by atoms with van der Waals surface area (Å²) in [6, 6.07) is 5.51. The zero-order valence-corrected chi connectivity index (χ0v) is 10.3. The first-order valence-electron chi connectivity index (χ1n) is 6.19. The van der Waals surface area contributed by atoms with Crippen LogP contribution in [0.25, 0.3) is 0 Å². The predicted octanol–water partition coefficient (Wildman–Crippen LogP) is -0.645. The topological polar surface area (TPSA) is 97.6 Å². The molecule has 2 atom stereocenters. The van der Waals surface area contributed by atoms with Crippen molar-refractivity contribution >= 4 is 5.91 Å². The average Bonchev–Trinajstić information content (AvgIpc) is 2.95. The molecule has 2 aliphatic heterocycles. The lowest BCUT2D eigenvalue weighted by atomic mass is 10.0. The molecule has 1 amide bonds. The summed E-state index contributed by atoms with van der Waals surface area (Å²) in [5.74, 6) is 6.40. The molecule has 0 radical (unpaired) electrons. The Balaban J connectivity index is 1.75. The number of hydrogen-bond acceptors (Lipinski definition) is 6. The maximum Gasteiger partial charge on any atom is 0.252 e. The van der Waals surface area contributed by atoms with Gasteiger partial charge in [-0.05, 0) is 24.1 Å². The molecule has 2 aliphatic rings. The summed E-state index contributed by atoms with van der Waals surface area (Å²) in [6.45, 7) is 1.14. The van der Waals surface area contributed by atoms with Crippen molar-refractivity contribution in [2.24, 2.45) is 5.84 Å². The third kappa shape index (κ3) is 2.35. The van der Waals surface area contributed by atoms with E-state index in [4.69, 9.17) is 15.3 Å². The number of carbonyl (C=O) groups excluding carboxylic acids is 1. The van der Waals surface area contributed by atoms with Gasteiger partial charge in [-0.2, -0.15) is 0 Å². The highest BCUT2D eigenvalue weighted by Crippen LogP contribution is 2.34. The van der Waals surface area contributed by atoms with Crippen molar-refractivity contribution in [1.29, 1.82) is 0 Å². The highest BCUT2D eigenvalue weighted by Gasteiger charge is 2.30. The Kier molecular flexibility index (Phi) is 3.24. The largest absolute Gasteiger partial charge is 0.486 e. The van der Waals surface area contributed by atoms with Crippen molar-refractivity contribution < 1.29 is 14.3 Å². The Labute approximate surface area is 110 Å². The quantitative estimate of drug-likeness (QED) is 0.322. The molecule has 1 aromatic carbocycles.